The van der Waals surface area contributed by atoms with E-state index < -0.39 is 0 Å². The molecule has 2 rings (SSSR count). The second-order valence-corrected chi connectivity index (χ2v) is 5.87. The van der Waals surface area contributed by atoms with Crippen molar-refractivity contribution >= 4 is 5.91 Å². The van der Waals surface area contributed by atoms with Gasteiger partial charge in [0, 0.05) is 13.1 Å². The third kappa shape index (κ3) is 5.05. The van der Waals surface area contributed by atoms with Gasteiger partial charge in [-0.25, -0.2) is 0 Å². The zero-order chi connectivity index (χ0) is 15.2. The van der Waals surface area contributed by atoms with Crippen LogP contribution in [-0.2, 0) is 9.53 Å². The van der Waals surface area contributed by atoms with Gasteiger partial charge in [0.25, 0.3) is 5.91 Å². The maximum atomic E-state index is 12.1. The molecule has 0 spiro atoms. The lowest BCUT2D eigenvalue weighted by atomic mass is 10.1. The van der Waals surface area contributed by atoms with E-state index in [2.05, 4.69) is 0 Å². The van der Waals surface area contributed by atoms with Gasteiger partial charge in [-0.15, -0.1) is 0 Å². The van der Waals surface area contributed by atoms with Crippen molar-refractivity contribution in [2.24, 2.45) is 0 Å². The van der Waals surface area contributed by atoms with Crippen LogP contribution in [0.25, 0.3) is 0 Å². The highest BCUT2D eigenvalue weighted by atomic mass is 16.5. The van der Waals surface area contributed by atoms with E-state index in [1.54, 1.807) is 0 Å². The van der Waals surface area contributed by atoms with Crippen molar-refractivity contribution in [1.29, 1.82) is 0 Å². The zero-order valence-electron chi connectivity index (χ0n) is 13.2. The largest absolute Gasteiger partial charge is 0.484 e. The summed E-state index contributed by atoms with van der Waals surface area (Å²) < 4.78 is 11.3. The lowest BCUT2D eigenvalue weighted by Gasteiger charge is -2.32. The second-order valence-electron chi connectivity index (χ2n) is 5.87. The Morgan fingerprint density at radius 3 is 2.43 bits per heavy atom. The molecule has 1 aromatic rings. The standard InChI is InChI=1S/C17H25NO3/c1-13(2)21-16-8-10-18(11-9-16)17(19)12-20-15-6-4-14(3)5-7-15/h4-7,13,16H,8-12H2,1-3H3. The molecule has 0 saturated carbocycles. The first kappa shape index (κ1) is 15.8. The van der Waals surface area contributed by atoms with Gasteiger partial charge in [-0.05, 0) is 45.7 Å². The Bertz CT molecular complexity index is 448. The van der Waals surface area contributed by atoms with Crippen LogP contribution in [0.1, 0.15) is 32.3 Å². The van der Waals surface area contributed by atoms with Crippen LogP contribution in [-0.4, -0.2) is 42.7 Å². The van der Waals surface area contributed by atoms with E-state index in [0.717, 1.165) is 31.7 Å². The van der Waals surface area contributed by atoms with E-state index in [4.69, 9.17) is 9.47 Å². The summed E-state index contributed by atoms with van der Waals surface area (Å²) in [4.78, 5) is 14.0. The Balaban J connectivity index is 1.73. The monoisotopic (exact) mass is 291 g/mol. The highest BCUT2D eigenvalue weighted by Crippen LogP contribution is 2.16. The van der Waals surface area contributed by atoms with Crippen molar-refractivity contribution in [2.45, 2.75) is 45.8 Å². The molecule has 116 valence electrons. The predicted octanol–water partition coefficient (Wildman–Crippen LogP) is 2.79. The molecule has 0 unspecified atom stereocenters. The normalized spacial score (nSPS) is 16.3. The number of piperidine rings is 1. The first-order valence-corrected chi connectivity index (χ1v) is 7.67. The molecular formula is C17H25NO3. The van der Waals surface area contributed by atoms with Crippen LogP contribution in [0.5, 0.6) is 5.75 Å². The van der Waals surface area contributed by atoms with Gasteiger partial charge >= 0.3 is 0 Å². The molecule has 0 aromatic heterocycles. The molecule has 1 saturated heterocycles. The van der Waals surface area contributed by atoms with Crippen LogP contribution in [0.4, 0.5) is 0 Å². The molecule has 1 amide bonds. The topological polar surface area (TPSA) is 38.8 Å². The van der Waals surface area contributed by atoms with Crippen molar-refractivity contribution < 1.29 is 14.3 Å². The fraction of sp³-hybridized carbons (Fsp3) is 0.588. The third-order valence-electron chi connectivity index (χ3n) is 3.64. The third-order valence-corrected chi connectivity index (χ3v) is 3.64. The number of carbonyl (C=O) groups is 1. The molecule has 1 aliphatic heterocycles. The van der Waals surface area contributed by atoms with E-state index in [1.165, 1.54) is 5.56 Å². The summed E-state index contributed by atoms with van der Waals surface area (Å²) in [6.45, 7) is 7.75. The van der Waals surface area contributed by atoms with Crippen LogP contribution in [0.2, 0.25) is 0 Å². The number of rotatable bonds is 5. The van der Waals surface area contributed by atoms with Gasteiger partial charge in [-0.2, -0.15) is 0 Å². The number of nitrogens with zero attached hydrogens (tertiary/aromatic N) is 1. The number of amides is 1. The predicted molar refractivity (Wildman–Crippen MR) is 82.5 cm³/mol. The Hall–Kier alpha value is -1.55. The van der Waals surface area contributed by atoms with E-state index in [0.29, 0.717) is 0 Å². The van der Waals surface area contributed by atoms with Crippen molar-refractivity contribution in [3.05, 3.63) is 29.8 Å². The van der Waals surface area contributed by atoms with Gasteiger partial charge in [0.15, 0.2) is 6.61 Å². The summed E-state index contributed by atoms with van der Waals surface area (Å²) in [5.74, 6) is 0.797. The first-order chi connectivity index (χ1) is 10.0. The molecule has 1 fully saturated rings. The van der Waals surface area contributed by atoms with Crippen molar-refractivity contribution in [2.75, 3.05) is 19.7 Å². The summed E-state index contributed by atoms with van der Waals surface area (Å²) in [5.41, 5.74) is 1.18. The molecule has 0 atom stereocenters. The Morgan fingerprint density at radius 2 is 1.86 bits per heavy atom. The summed E-state index contributed by atoms with van der Waals surface area (Å²) in [5, 5.41) is 0. The number of likely N-dealkylation sites (tertiary alicyclic amines) is 1. The van der Waals surface area contributed by atoms with Crippen LogP contribution in [0, 0.1) is 6.92 Å². The smallest absolute Gasteiger partial charge is 0.260 e. The summed E-state index contributed by atoms with van der Waals surface area (Å²) >= 11 is 0. The van der Waals surface area contributed by atoms with Crippen LogP contribution in [0.3, 0.4) is 0 Å². The Kier molecular flexibility index (Phi) is 5.62. The van der Waals surface area contributed by atoms with E-state index in [-0.39, 0.29) is 24.7 Å². The van der Waals surface area contributed by atoms with E-state index >= 15 is 0 Å². The Labute approximate surface area is 127 Å². The van der Waals surface area contributed by atoms with Gasteiger partial charge in [-0.1, -0.05) is 17.7 Å². The minimum absolute atomic E-state index is 0.0542. The molecule has 4 nitrogen and oxygen atoms in total. The Morgan fingerprint density at radius 1 is 1.24 bits per heavy atom. The van der Waals surface area contributed by atoms with Crippen molar-refractivity contribution in [3.8, 4) is 5.75 Å². The molecule has 4 heteroatoms. The molecule has 0 aliphatic carbocycles. The number of hydrogen-bond acceptors (Lipinski definition) is 3. The summed E-state index contributed by atoms with van der Waals surface area (Å²) in [6.07, 6.45) is 2.36. The second kappa shape index (κ2) is 7.46. The molecular weight excluding hydrogens is 266 g/mol. The van der Waals surface area contributed by atoms with Crippen LogP contribution >= 0.6 is 0 Å². The van der Waals surface area contributed by atoms with Gasteiger partial charge in [0.1, 0.15) is 5.75 Å². The number of ether oxygens (including phenoxy) is 2. The minimum Gasteiger partial charge on any atom is -0.484 e. The highest BCUT2D eigenvalue weighted by molar-refractivity contribution is 5.77. The van der Waals surface area contributed by atoms with Gasteiger partial charge < -0.3 is 14.4 Å². The molecule has 21 heavy (non-hydrogen) atoms. The SMILES string of the molecule is Cc1ccc(OCC(=O)N2CCC(OC(C)C)CC2)cc1. The van der Waals surface area contributed by atoms with Gasteiger partial charge in [0.05, 0.1) is 12.2 Å². The van der Waals surface area contributed by atoms with E-state index in [9.17, 15) is 4.79 Å². The maximum absolute atomic E-state index is 12.1. The molecule has 0 bridgehead atoms. The first-order valence-electron chi connectivity index (χ1n) is 7.67. The lowest BCUT2D eigenvalue weighted by molar-refractivity contribution is -0.136. The molecule has 0 N–H and O–H groups in total. The van der Waals surface area contributed by atoms with Crippen LogP contribution < -0.4 is 4.74 Å². The fourth-order valence-corrected chi connectivity index (χ4v) is 2.50. The fourth-order valence-electron chi connectivity index (χ4n) is 2.50. The molecule has 1 aromatic carbocycles. The average Bonchev–Trinajstić information content (AvgIpc) is 2.46. The van der Waals surface area contributed by atoms with Crippen molar-refractivity contribution in [1.82, 2.24) is 4.90 Å². The minimum atomic E-state index is 0.0542. The average molecular weight is 291 g/mol. The van der Waals surface area contributed by atoms with E-state index in [1.807, 2.05) is 49.9 Å². The zero-order valence-corrected chi connectivity index (χ0v) is 13.2. The van der Waals surface area contributed by atoms with Gasteiger partial charge in [-0.3, -0.25) is 4.79 Å². The molecule has 0 radical (unpaired) electrons. The number of carbonyl (C=O) groups excluding carboxylic acids is 1. The maximum Gasteiger partial charge on any atom is 0.260 e. The highest BCUT2D eigenvalue weighted by Gasteiger charge is 2.23. The quantitative estimate of drug-likeness (QED) is 0.837. The molecule has 1 heterocycles. The lowest BCUT2D eigenvalue weighted by Crippen LogP contribution is -2.43. The summed E-state index contributed by atoms with van der Waals surface area (Å²) in [7, 11) is 0. The van der Waals surface area contributed by atoms with Crippen LogP contribution in [0.15, 0.2) is 24.3 Å². The summed E-state index contributed by atoms with van der Waals surface area (Å²) in [6, 6.07) is 7.75. The van der Waals surface area contributed by atoms with Gasteiger partial charge in [0.2, 0.25) is 0 Å². The number of hydrogen-bond donors (Lipinski definition) is 0. The van der Waals surface area contributed by atoms with Crippen molar-refractivity contribution in [3.63, 3.8) is 0 Å². The molecule has 1 aliphatic rings. The number of aryl methyl sites for hydroxylation is 1. The number of benzene rings is 1.